The Morgan fingerprint density at radius 3 is 2.75 bits per heavy atom. The monoisotopic (exact) mass is 458 g/mol. The maximum Gasteiger partial charge on any atom is 0.329 e. The molecule has 32 heavy (non-hydrogen) atoms. The second kappa shape index (κ2) is 12.8. The molecule has 2 aromatic rings. The number of ether oxygens (including phenoxy) is 2. The normalized spacial score (nSPS) is 14.3. The first kappa shape index (κ1) is 23.7. The molecule has 9 heteroatoms. The first-order valence-electron chi connectivity index (χ1n) is 10.5. The Labute approximate surface area is 192 Å². The summed E-state index contributed by atoms with van der Waals surface area (Å²) >= 11 is 6.10. The van der Waals surface area contributed by atoms with Crippen LogP contribution < -0.4 is 15.5 Å². The second-order valence-electron chi connectivity index (χ2n) is 7.23. The number of amides is 2. The molecule has 0 bridgehead atoms. The lowest BCUT2D eigenvalue weighted by molar-refractivity contribution is -0.139. The minimum absolute atomic E-state index is 0.338. The highest BCUT2D eigenvalue weighted by Gasteiger charge is 2.13. The lowest BCUT2D eigenvalue weighted by atomic mass is 10.1. The van der Waals surface area contributed by atoms with Crippen molar-refractivity contribution in [3.05, 3.63) is 64.7 Å². The van der Waals surface area contributed by atoms with E-state index in [-0.39, 0.29) is 0 Å². The predicted molar refractivity (Wildman–Crippen MR) is 123 cm³/mol. The number of hydrogen-bond donors (Lipinski definition) is 2. The quantitative estimate of drug-likeness (QED) is 0.260. The zero-order valence-corrected chi connectivity index (χ0v) is 18.5. The highest BCUT2D eigenvalue weighted by atomic mass is 35.5. The maximum atomic E-state index is 11.9. The smallest absolute Gasteiger partial charge is 0.329 e. The van der Waals surface area contributed by atoms with Crippen LogP contribution in [-0.2, 0) is 20.9 Å². The molecule has 0 aliphatic carbocycles. The molecule has 3 rings (SSSR count). The molecule has 1 aliphatic heterocycles. The summed E-state index contributed by atoms with van der Waals surface area (Å²) in [5, 5.41) is 7.02. The highest BCUT2D eigenvalue weighted by Crippen LogP contribution is 2.24. The van der Waals surface area contributed by atoms with Crippen molar-refractivity contribution in [2.24, 2.45) is 5.10 Å². The third-order valence-corrected chi connectivity index (χ3v) is 5.12. The van der Waals surface area contributed by atoms with Crippen molar-refractivity contribution in [2.45, 2.75) is 13.0 Å². The minimum Gasteiger partial charge on any atom is -0.487 e. The Bertz CT molecular complexity index is 932. The van der Waals surface area contributed by atoms with Crippen LogP contribution in [0.15, 0.2) is 53.6 Å². The van der Waals surface area contributed by atoms with Gasteiger partial charge in [0.1, 0.15) is 12.4 Å². The minimum atomic E-state index is -0.800. The van der Waals surface area contributed by atoms with Crippen molar-refractivity contribution in [3.8, 4) is 5.75 Å². The van der Waals surface area contributed by atoms with E-state index in [4.69, 9.17) is 21.1 Å². The molecule has 2 N–H and O–H groups in total. The Morgan fingerprint density at radius 1 is 1.12 bits per heavy atom. The van der Waals surface area contributed by atoms with Gasteiger partial charge in [0.15, 0.2) is 0 Å². The van der Waals surface area contributed by atoms with E-state index in [1.165, 1.54) is 6.21 Å². The fourth-order valence-corrected chi connectivity index (χ4v) is 3.30. The number of carbonyl (C=O) groups excluding carboxylic acids is 2. The van der Waals surface area contributed by atoms with Crippen LogP contribution in [0.1, 0.15) is 17.5 Å². The molecule has 1 fully saturated rings. The van der Waals surface area contributed by atoms with Crippen LogP contribution in [0.4, 0.5) is 0 Å². The van der Waals surface area contributed by atoms with E-state index in [0.29, 0.717) is 23.9 Å². The summed E-state index contributed by atoms with van der Waals surface area (Å²) < 4.78 is 11.0. The van der Waals surface area contributed by atoms with Gasteiger partial charge in [0, 0.05) is 19.6 Å². The Balaban J connectivity index is 1.37. The van der Waals surface area contributed by atoms with Gasteiger partial charge in [0.05, 0.1) is 24.5 Å². The summed E-state index contributed by atoms with van der Waals surface area (Å²) in [4.78, 5) is 26.0. The van der Waals surface area contributed by atoms with Gasteiger partial charge in [-0.15, -0.1) is 0 Å². The van der Waals surface area contributed by atoms with Gasteiger partial charge in [-0.25, -0.2) is 5.43 Å². The van der Waals surface area contributed by atoms with Crippen molar-refractivity contribution in [3.63, 3.8) is 0 Å². The van der Waals surface area contributed by atoms with E-state index >= 15 is 0 Å². The fraction of sp³-hybridized carbons (Fsp3) is 0.348. The van der Waals surface area contributed by atoms with Gasteiger partial charge in [-0.1, -0.05) is 41.9 Å². The molecule has 1 aliphatic rings. The first-order chi connectivity index (χ1) is 15.6. The predicted octanol–water partition coefficient (Wildman–Crippen LogP) is 2.21. The van der Waals surface area contributed by atoms with Crippen LogP contribution in [0.25, 0.3) is 0 Å². The van der Waals surface area contributed by atoms with E-state index in [2.05, 4.69) is 20.7 Å². The number of nitrogens with zero attached hydrogens (tertiary/aromatic N) is 2. The van der Waals surface area contributed by atoms with Gasteiger partial charge >= 0.3 is 11.8 Å². The van der Waals surface area contributed by atoms with Gasteiger partial charge in [0.25, 0.3) is 0 Å². The molecule has 0 unspecified atom stereocenters. The molecule has 1 heterocycles. The Kier molecular flexibility index (Phi) is 9.49. The molecule has 2 aromatic carbocycles. The third kappa shape index (κ3) is 7.96. The number of para-hydroxylation sites is 1. The molecule has 2 amide bonds. The highest BCUT2D eigenvalue weighted by molar-refractivity contribution is 6.35. The summed E-state index contributed by atoms with van der Waals surface area (Å²) in [5.41, 5.74) is 3.92. The summed E-state index contributed by atoms with van der Waals surface area (Å²) in [6, 6.07) is 14.7. The zero-order valence-electron chi connectivity index (χ0n) is 17.8. The molecule has 0 saturated carbocycles. The van der Waals surface area contributed by atoms with Crippen molar-refractivity contribution < 1.29 is 19.1 Å². The number of halogens is 1. The number of hydrazone groups is 1. The lowest BCUT2D eigenvalue weighted by Crippen LogP contribution is -2.40. The fourth-order valence-electron chi connectivity index (χ4n) is 3.11. The second-order valence-corrected chi connectivity index (χ2v) is 7.63. The van der Waals surface area contributed by atoms with E-state index in [9.17, 15) is 9.59 Å². The number of morpholine rings is 1. The summed E-state index contributed by atoms with van der Waals surface area (Å²) in [7, 11) is 0. The van der Waals surface area contributed by atoms with Crippen LogP contribution >= 0.6 is 11.6 Å². The molecule has 0 atom stereocenters. The van der Waals surface area contributed by atoms with Crippen LogP contribution in [0.2, 0.25) is 5.02 Å². The number of benzene rings is 2. The summed E-state index contributed by atoms with van der Waals surface area (Å²) in [6.45, 7) is 4.91. The van der Waals surface area contributed by atoms with E-state index < -0.39 is 11.8 Å². The van der Waals surface area contributed by atoms with Crippen molar-refractivity contribution in [1.29, 1.82) is 0 Å². The Hall–Kier alpha value is -2.94. The maximum absolute atomic E-state index is 11.9. The number of rotatable bonds is 9. The average molecular weight is 459 g/mol. The van der Waals surface area contributed by atoms with E-state index in [0.717, 1.165) is 50.4 Å². The van der Waals surface area contributed by atoms with Crippen molar-refractivity contribution >= 4 is 29.6 Å². The topological polar surface area (TPSA) is 92.3 Å². The van der Waals surface area contributed by atoms with Gasteiger partial charge in [0.2, 0.25) is 0 Å². The van der Waals surface area contributed by atoms with Crippen LogP contribution in [0.5, 0.6) is 5.75 Å². The van der Waals surface area contributed by atoms with Gasteiger partial charge in [-0.05, 0) is 42.3 Å². The third-order valence-electron chi connectivity index (χ3n) is 4.81. The molecule has 0 aromatic heterocycles. The van der Waals surface area contributed by atoms with Gasteiger partial charge in [-0.2, -0.15) is 5.10 Å². The van der Waals surface area contributed by atoms with Crippen LogP contribution in [-0.4, -0.2) is 62.3 Å². The molecule has 170 valence electrons. The average Bonchev–Trinajstić information content (AvgIpc) is 2.82. The zero-order chi connectivity index (χ0) is 22.6. The van der Waals surface area contributed by atoms with Crippen molar-refractivity contribution in [2.75, 3.05) is 39.4 Å². The number of nitrogens with one attached hydrogen (secondary N) is 2. The van der Waals surface area contributed by atoms with Crippen molar-refractivity contribution in [1.82, 2.24) is 15.6 Å². The molecular formula is C23H27ClN4O4. The summed E-state index contributed by atoms with van der Waals surface area (Å²) in [6.07, 6.45) is 2.24. The lowest BCUT2D eigenvalue weighted by Gasteiger charge is -2.26. The molecule has 1 saturated heterocycles. The number of carbonyl (C=O) groups is 2. The Morgan fingerprint density at radius 2 is 1.94 bits per heavy atom. The van der Waals surface area contributed by atoms with E-state index in [1.807, 2.05) is 36.4 Å². The molecular weight excluding hydrogens is 432 g/mol. The van der Waals surface area contributed by atoms with Gasteiger partial charge < -0.3 is 14.8 Å². The molecule has 0 spiro atoms. The molecule has 0 radical (unpaired) electrons. The van der Waals surface area contributed by atoms with Crippen LogP contribution in [0, 0.1) is 0 Å². The summed E-state index contributed by atoms with van der Waals surface area (Å²) in [5.74, 6) is -0.895. The van der Waals surface area contributed by atoms with Gasteiger partial charge in [-0.3, -0.25) is 14.5 Å². The number of hydrogen-bond acceptors (Lipinski definition) is 6. The standard InChI is InChI=1S/C23H27ClN4O4/c24-20-7-1-2-8-21(20)32-17-19-6-3-5-18(15-19)16-26-27-23(30)22(29)25-9-4-10-28-11-13-31-14-12-28/h1-3,5-8,15-16H,4,9-14,17H2,(H,25,29)(H,27,30)/b26-16+. The largest absolute Gasteiger partial charge is 0.487 e. The first-order valence-corrected chi connectivity index (χ1v) is 10.9. The molecule has 8 nitrogen and oxygen atoms in total. The van der Waals surface area contributed by atoms with E-state index in [1.54, 1.807) is 12.1 Å². The SMILES string of the molecule is O=C(NCCCN1CCOCC1)C(=O)N/N=C/c1cccc(COc2ccccc2Cl)c1. The van der Waals surface area contributed by atoms with Crippen LogP contribution in [0.3, 0.4) is 0 Å².